The van der Waals surface area contributed by atoms with Crippen molar-refractivity contribution in [3.63, 3.8) is 0 Å². The van der Waals surface area contributed by atoms with Crippen LogP contribution in [-0.2, 0) is 24.3 Å². The van der Waals surface area contributed by atoms with Gasteiger partial charge in [0.25, 0.3) is 0 Å². The molecule has 0 bridgehead atoms. The van der Waals surface area contributed by atoms with E-state index in [1.165, 1.54) is 17.5 Å². The van der Waals surface area contributed by atoms with E-state index >= 15 is 0 Å². The Morgan fingerprint density at radius 3 is 2.48 bits per heavy atom. The second kappa shape index (κ2) is 10.5. The summed E-state index contributed by atoms with van der Waals surface area (Å²) in [6.07, 6.45) is 1.56. The van der Waals surface area contributed by atoms with Crippen LogP contribution in [0.3, 0.4) is 0 Å². The van der Waals surface area contributed by atoms with Crippen molar-refractivity contribution >= 4 is 42.1 Å². The zero-order valence-electron chi connectivity index (χ0n) is 15.9. The Kier molecular flexibility index (Phi) is 9.10. The number of nitrogens with one attached hydrogen (secondary N) is 1. The molecule has 2 aromatic carbocycles. The van der Waals surface area contributed by atoms with Crippen LogP contribution >= 0.6 is 24.8 Å². The maximum absolute atomic E-state index is 12.4. The van der Waals surface area contributed by atoms with Gasteiger partial charge in [0, 0.05) is 24.5 Å². The van der Waals surface area contributed by atoms with Crippen molar-refractivity contribution in [2.45, 2.75) is 39.8 Å². The standard InChI is InChI=1S/C21H27N3O.2ClH/c1-15(2)10-11-24-13-17-4-3-5-20(19(17)14-24)23-21(25)12-16-6-8-18(22)9-7-16;;/h3-9,15H,10-14,22H2,1-2H3,(H,23,25);2*1H. The van der Waals surface area contributed by atoms with Crippen LogP contribution in [0.15, 0.2) is 42.5 Å². The molecule has 1 amide bonds. The van der Waals surface area contributed by atoms with Gasteiger partial charge in [0.05, 0.1) is 6.42 Å². The molecule has 0 saturated carbocycles. The molecule has 0 aromatic heterocycles. The van der Waals surface area contributed by atoms with Crippen molar-refractivity contribution in [3.8, 4) is 0 Å². The summed E-state index contributed by atoms with van der Waals surface area (Å²) >= 11 is 0. The summed E-state index contributed by atoms with van der Waals surface area (Å²) in [5, 5.41) is 3.09. The van der Waals surface area contributed by atoms with Crippen molar-refractivity contribution in [1.82, 2.24) is 4.90 Å². The first-order valence-electron chi connectivity index (χ1n) is 8.98. The lowest BCUT2D eigenvalue weighted by Crippen LogP contribution is -2.19. The number of amides is 1. The number of anilines is 2. The number of benzene rings is 2. The Morgan fingerprint density at radius 2 is 1.81 bits per heavy atom. The number of hydrogen-bond donors (Lipinski definition) is 2. The highest BCUT2D eigenvalue weighted by Crippen LogP contribution is 2.29. The highest BCUT2D eigenvalue weighted by Gasteiger charge is 2.22. The van der Waals surface area contributed by atoms with Crippen LogP contribution in [-0.4, -0.2) is 17.4 Å². The molecule has 3 N–H and O–H groups in total. The Labute approximate surface area is 174 Å². The molecule has 27 heavy (non-hydrogen) atoms. The van der Waals surface area contributed by atoms with E-state index in [0.717, 1.165) is 30.9 Å². The van der Waals surface area contributed by atoms with Gasteiger partial charge < -0.3 is 11.1 Å². The Hall–Kier alpha value is -1.75. The Morgan fingerprint density at radius 1 is 1.11 bits per heavy atom. The molecule has 0 atom stereocenters. The van der Waals surface area contributed by atoms with Crippen molar-refractivity contribution in [1.29, 1.82) is 0 Å². The number of rotatable bonds is 6. The lowest BCUT2D eigenvalue weighted by Gasteiger charge is -2.16. The number of nitrogens with zero attached hydrogens (tertiary/aromatic N) is 1. The largest absolute Gasteiger partial charge is 0.399 e. The van der Waals surface area contributed by atoms with Gasteiger partial charge in [-0.1, -0.05) is 38.1 Å². The smallest absolute Gasteiger partial charge is 0.228 e. The Bertz CT molecular complexity index is 748. The zero-order chi connectivity index (χ0) is 17.8. The number of nitrogens with two attached hydrogens (primary N) is 1. The molecule has 0 radical (unpaired) electrons. The molecule has 0 saturated heterocycles. The number of carbonyl (C=O) groups is 1. The van der Waals surface area contributed by atoms with E-state index in [0.29, 0.717) is 18.0 Å². The molecule has 3 rings (SSSR count). The first kappa shape index (κ1) is 23.3. The third-order valence-electron chi connectivity index (χ3n) is 4.69. The van der Waals surface area contributed by atoms with Crippen molar-refractivity contribution in [3.05, 3.63) is 59.2 Å². The normalized spacial score (nSPS) is 12.9. The van der Waals surface area contributed by atoms with E-state index in [1.807, 2.05) is 36.4 Å². The van der Waals surface area contributed by atoms with Gasteiger partial charge >= 0.3 is 0 Å². The van der Waals surface area contributed by atoms with E-state index in [4.69, 9.17) is 5.73 Å². The fraction of sp³-hybridized carbons (Fsp3) is 0.381. The van der Waals surface area contributed by atoms with Crippen LogP contribution in [0.1, 0.15) is 37.0 Å². The van der Waals surface area contributed by atoms with Gasteiger partial charge in [-0.3, -0.25) is 9.69 Å². The number of carbonyl (C=O) groups excluding carboxylic acids is 1. The highest BCUT2D eigenvalue weighted by molar-refractivity contribution is 5.93. The topological polar surface area (TPSA) is 58.4 Å². The Balaban J connectivity index is 0.00000182. The summed E-state index contributed by atoms with van der Waals surface area (Å²) in [5.74, 6) is 0.724. The summed E-state index contributed by atoms with van der Waals surface area (Å²) < 4.78 is 0. The predicted molar refractivity (Wildman–Crippen MR) is 118 cm³/mol. The van der Waals surface area contributed by atoms with Crippen LogP contribution in [0.2, 0.25) is 0 Å². The maximum Gasteiger partial charge on any atom is 0.228 e. The molecular weight excluding hydrogens is 381 g/mol. The average molecular weight is 410 g/mol. The van der Waals surface area contributed by atoms with E-state index in [9.17, 15) is 4.79 Å². The van der Waals surface area contributed by atoms with Crippen LogP contribution in [0.25, 0.3) is 0 Å². The second-order valence-electron chi connectivity index (χ2n) is 7.30. The monoisotopic (exact) mass is 409 g/mol. The average Bonchev–Trinajstić information content (AvgIpc) is 2.99. The van der Waals surface area contributed by atoms with Gasteiger partial charge in [0.2, 0.25) is 5.91 Å². The highest BCUT2D eigenvalue weighted by atomic mass is 35.5. The minimum atomic E-state index is 0. The van der Waals surface area contributed by atoms with E-state index in [-0.39, 0.29) is 30.7 Å². The SMILES string of the molecule is CC(C)CCN1Cc2cccc(NC(=O)Cc3ccc(N)cc3)c2C1.Cl.Cl. The van der Waals surface area contributed by atoms with E-state index in [1.54, 1.807) is 0 Å². The number of halogens is 2. The van der Waals surface area contributed by atoms with Crippen LogP contribution in [0.5, 0.6) is 0 Å². The summed E-state index contributed by atoms with van der Waals surface area (Å²) in [6.45, 7) is 7.51. The minimum Gasteiger partial charge on any atom is -0.399 e. The molecular formula is C21H29Cl2N3O. The molecule has 6 heteroatoms. The summed E-state index contributed by atoms with van der Waals surface area (Å²) in [7, 11) is 0. The van der Waals surface area contributed by atoms with Gasteiger partial charge in [-0.05, 0) is 53.8 Å². The summed E-state index contributed by atoms with van der Waals surface area (Å²) in [6, 6.07) is 13.7. The van der Waals surface area contributed by atoms with Crippen molar-refractivity contribution in [2.24, 2.45) is 5.92 Å². The molecule has 0 fully saturated rings. The minimum absolute atomic E-state index is 0. The van der Waals surface area contributed by atoms with Crippen LogP contribution in [0, 0.1) is 5.92 Å². The zero-order valence-corrected chi connectivity index (χ0v) is 17.5. The first-order valence-corrected chi connectivity index (χ1v) is 8.98. The fourth-order valence-corrected chi connectivity index (χ4v) is 3.22. The van der Waals surface area contributed by atoms with E-state index in [2.05, 4.69) is 30.1 Å². The fourth-order valence-electron chi connectivity index (χ4n) is 3.22. The third kappa shape index (κ3) is 6.42. The molecule has 1 aliphatic rings. The first-order chi connectivity index (χ1) is 12.0. The van der Waals surface area contributed by atoms with E-state index < -0.39 is 0 Å². The number of fused-ring (bicyclic) bond motifs is 1. The molecule has 4 nitrogen and oxygen atoms in total. The summed E-state index contributed by atoms with van der Waals surface area (Å²) in [4.78, 5) is 14.9. The van der Waals surface area contributed by atoms with Crippen LogP contribution in [0.4, 0.5) is 11.4 Å². The number of nitrogen functional groups attached to an aromatic ring is 1. The quantitative estimate of drug-likeness (QED) is 0.682. The third-order valence-corrected chi connectivity index (χ3v) is 4.69. The maximum atomic E-state index is 12.4. The lowest BCUT2D eigenvalue weighted by atomic mass is 10.1. The van der Waals surface area contributed by atoms with Gasteiger partial charge in [-0.25, -0.2) is 0 Å². The molecule has 0 aliphatic carbocycles. The molecule has 148 valence electrons. The second-order valence-corrected chi connectivity index (χ2v) is 7.30. The predicted octanol–water partition coefficient (Wildman–Crippen LogP) is 4.66. The van der Waals surface area contributed by atoms with Crippen molar-refractivity contribution in [2.75, 3.05) is 17.6 Å². The molecule has 0 spiro atoms. The molecule has 1 aliphatic heterocycles. The molecule has 0 unspecified atom stereocenters. The van der Waals surface area contributed by atoms with Gasteiger partial charge in [-0.2, -0.15) is 0 Å². The lowest BCUT2D eigenvalue weighted by molar-refractivity contribution is -0.115. The number of hydrogen-bond acceptors (Lipinski definition) is 3. The summed E-state index contributed by atoms with van der Waals surface area (Å²) in [5.41, 5.74) is 10.9. The molecule has 1 heterocycles. The molecule has 2 aromatic rings. The van der Waals surface area contributed by atoms with Gasteiger partial charge in [0.1, 0.15) is 0 Å². The van der Waals surface area contributed by atoms with Gasteiger partial charge in [0.15, 0.2) is 0 Å². The van der Waals surface area contributed by atoms with Gasteiger partial charge in [-0.15, -0.1) is 24.8 Å². The van der Waals surface area contributed by atoms with Crippen LogP contribution < -0.4 is 11.1 Å². The van der Waals surface area contributed by atoms with Crippen molar-refractivity contribution < 1.29 is 4.79 Å².